The van der Waals surface area contributed by atoms with Crippen LogP contribution in [-0.4, -0.2) is 45.3 Å². The van der Waals surface area contributed by atoms with E-state index in [1.165, 1.54) is 6.42 Å². The lowest BCUT2D eigenvalue weighted by molar-refractivity contribution is 0.324. The van der Waals surface area contributed by atoms with Gasteiger partial charge in [0.2, 0.25) is 0 Å². The first-order valence-corrected chi connectivity index (χ1v) is 5.88. The fraction of sp³-hybridized carbons (Fsp3) is 0.818. The molecule has 1 aromatic heterocycles. The monoisotopic (exact) mass is 223 g/mol. The lowest BCUT2D eigenvalue weighted by Gasteiger charge is -2.18. The summed E-state index contributed by atoms with van der Waals surface area (Å²) in [5.74, 6) is 1.00. The van der Waals surface area contributed by atoms with Gasteiger partial charge in [0.05, 0.1) is 6.04 Å². The number of hydrogen-bond donors (Lipinski definition) is 1. The van der Waals surface area contributed by atoms with Crippen molar-refractivity contribution in [3.8, 4) is 0 Å². The molecule has 0 aliphatic carbocycles. The molecule has 2 rings (SSSR count). The summed E-state index contributed by atoms with van der Waals surface area (Å²) in [6.45, 7) is 5.53. The SMILES string of the molecule is CC(NC1CC(C)N(C)C1)c1nncn1C. The van der Waals surface area contributed by atoms with Crippen molar-refractivity contribution in [2.24, 2.45) is 7.05 Å². The van der Waals surface area contributed by atoms with Crippen LogP contribution in [0, 0.1) is 0 Å². The summed E-state index contributed by atoms with van der Waals surface area (Å²) >= 11 is 0. The van der Waals surface area contributed by atoms with E-state index in [2.05, 4.69) is 41.3 Å². The fourth-order valence-corrected chi connectivity index (χ4v) is 2.43. The zero-order valence-electron chi connectivity index (χ0n) is 10.5. The average molecular weight is 223 g/mol. The van der Waals surface area contributed by atoms with E-state index in [-0.39, 0.29) is 6.04 Å². The quantitative estimate of drug-likeness (QED) is 0.813. The van der Waals surface area contributed by atoms with Gasteiger partial charge in [-0.2, -0.15) is 0 Å². The van der Waals surface area contributed by atoms with Gasteiger partial charge >= 0.3 is 0 Å². The van der Waals surface area contributed by atoms with Gasteiger partial charge in [0.15, 0.2) is 0 Å². The van der Waals surface area contributed by atoms with E-state index in [4.69, 9.17) is 0 Å². The predicted molar refractivity (Wildman–Crippen MR) is 63.1 cm³/mol. The summed E-state index contributed by atoms with van der Waals surface area (Å²) in [4.78, 5) is 2.39. The molecule has 90 valence electrons. The average Bonchev–Trinajstić information content (AvgIpc) is 2.74. The van der Waals surface area contributed by atoms with Crippen LogP contribution < -0.4 is 5.32 Å². The van der Waals surface area contributed by atoms with Crippen LogP contribution in [0.4, 0.5) is 0 Å². The Hall–Kier alpha value is -0.940. The molecule has 3 unspecified atom stereocenters. The number of likely N-dealkylation sites (tertiary alicyclic amines) is 1. The van der Waals surface area contributed by atoms with Crippen LogP contribution >= 0.6 is 0 Å². The summed E-state index contributed by atoms with van der Waals surface area (Å²) in [5, 5.41) is 11.7. The summed E-state index contributed by atoms with van der Waals surface area (Å²) in [6, 6.07) is 1.49. The first-order valence-electron chi connectivity index (χ1n) is 5.88. The first-order chi connectivity index (χ1) is 7.58. The number of nitrogens with one attached hydrogen (secondary N) is 1. The van der Waals surface area contributed by atoms with Gasteiger partial charge in [0.25, 0.3) is 0 Å². The Balaban J connectivity index is 1.94. The van der Waals surface area contributed by atoms with Gasteiger partial charge in [-0.05, 0) is 27.3 Å². The molecule has 1 aliphatic rings. The highest BCUT2D eigenvalue weighted by atomic mass is 15.3. The first kappa shape index (κ1) is 11.5. The molecular formula is C11H21N5. The standard InChI is InChI=1S/C11H21N5/c1-8-5-10(6-15(8)3)13-9(2)11-14-12-7-16(11)4/h7-10,13H,5-6H2,1-4H3. The lowest BCUT2D eigenvalue weighted by Crippen LogP contribution is -2.34. The van der Waals surface area contributed by atoms with Gasteiger partial charge in [-0.25, -0.2) is 0 Å². The largest absolute Gasteiger partial charge is 0.319 e. The molecule has 3 atom stereocenters. The number of hydrogen-bond acceptors (Lipinski definition) is 4. The Labute approximate surface area is 96.8 Å². The molecule has 5 nitrogen and oxygen atoms in total. The molecule has 1 fully saturated rings. The summed E-state index contributed by atoms with van der Waals surface area (Å²) in [7, 11) is 4.16. The van der Waals surface area contributed by atoms with Crippen LogP contribution in [-0.2, 0) is 7.05 Å². The minimum absolute atomic E-state index is 0.260. The normalized spacial score (nSPS) is 28.5. The van der Waals surface area contributed by atoms with E-state index in [0.717, 1.165) is 12.4 Å². The number of nitrogens with zero attached hydrogens (tertiary/aromatic N) is 4. The molecule has 0 spiro atoms. The smallest absolute Gasteiger partial charge is 0.149 e. The fourth-order valence-electron chi connectivity index (χ4n) is 2.43. The van der Waals surface area contributed by atoms with Crippen LogP contribution in [0.2, 0.25) is 0 Å². The summed E-state index contributed by atoms with van der Waals surface area (Å²) in [5.41, 5.74) is 0. The van der Waals surface area contributed by atoms with Crippen molar-refractivity contribution in [1.29, 1.82) is 0 Å². The van der Waals surface area contributed by atoms with E-state index in [0.29, 0.717) is 12.1 Å². The minimum atomic E-state index is 0.260. The molecular weight excluding hydrogens is 202 g/mol. The van der Waals surface area contributed by atoms with Crippen LogP contribution in [0.3, 0.4) is 0 Å². The molecule has 5 heteroatoms. The number of aromatic nitrogens is 3. The molecule has 0 bridgehead atoms. The highest BCUT2D eigenvalue weighted by molar-refractivity contribution is 4.95. The molecule has 1 aromatic rings. The summed E-state index contributed by atoms with van der Waals surface area (Å²) < 4.78 is 1.97. The molecule has 0 saturated carbocycles. The van der Waals surface area contributed by atoms with Crippen molar-refractivity contribution in [3.63, 3.8) is 0 Å². The van der Waals surface area contributed by atoms with Crippen molar-refractivity contribution >= 4 is 0 Å². The maximum absolute atomic E-state index is 4.13. The second kappa shape index (κ2) is 4.51. The van der Waals surface area contributed by atoms with Gasteiger partial charge in [0.1, 0.15) is 12.2 Å². The lowest BCUT2D eigenvalue weighted by atomic mass is 10.1. The van der Waals surface area contributed by atoms with Crippen molar-refractivity contribution in [2.45, 2.75) is 38.4 Å². The zero-order chi connectivity index (χ0) is 11.7. The zero-order valence-corrected chi connectivity index (χ0v) is 10.5. The Morgan fingerprint density at radius 2 is 2.25 bits per heavy atom. The van der Waals surface area contributed by atoms with E-state index in [1.54, 1.807) is 6.33 Å². The van der Waals surface area contributed by atoms with Crippen molar-refractivity contribution in [1.82, 2.24) is 25.0 Å². The molecule has 2 heterocycles. The Bertz CT molecular complexity index is 338. The molecule has 1 N–H and O–H groups in total. The third-order valence-electron chi connectivity index (χ3n) is 3.51. The maximum Gasteiger partial charge on any atom is 0.149 e. The van der Waals surface area contributed by atoms with Crippen LogP contribution in [0.5, 0.6) is 0 Å². The van der Waals surface area contributed by atoms with E-state index < -0.39 is 0 Å². The van der Waals surface area contributed by atoms with Gasteiger partial charge in [0, 0.05) is 25.7 Å². The summed E-state index contributed by atoms with van der Waals surface area (Å²) in [6.07, 6.45) is 2.95. The molecule has 0 radical (unpaired) electrons. The van der Waals surface area contributed by atoms with E-state index in [9.17, 15) is 0 Å². The van der Waals surface area contributed by atoms with E-state index in [1.807, 2.05) is 11.6 Å². The predicted octanol–water partition coefficient (Wildman–Crippen LogP) is 0.558. The van der Waals surface area contributed by atoms with Crippen LogP contribution in [0.15, 0.2) is 6.33 Å². The topological polar surface area (TPSA) is 46.0 Å². The Morgan fingerprint density at radius 1 is 1.50 bits per heavy atom. The van der Waals surface area contributed by atoms with E-state index >= 15 is 0 Å². The molecule has 1 saturated heterocycles. The van der Waals surface area contributed by atoms with Crippen LogP contribution in [0.25, 0.3) is 0 Å². The van der Waals surface area contributed by atoms with Crippen molar-refractivity contribution in [3.05, 3.63) is 12.2 Å². The highest BCUT2D eigenvalue weighted by Gasteiger charge is 2.27. The van der Waals surface area contributed by atoms with Crippen LogP contribution in [0.1, 0.15) is 32.1 Å². The Morgan fingerprint density at radius 3 is 2.75 bits per heavy atom. The third-order valence-corrected chi connectivity index (χ3v) is 3.51. The number of aryl methyl sites for hydroxylation is 1. The van der Waals surface area contributed by atoms with Gasteiger partial charge in [-0.15, -0.1) is 10.2 Å². The second-order valence-corrected chi connectivity index (χ2v) is 4.91. The number of rotatable bonds is 3. The molecule has 0 amide bonds. The third kappa shape index (κ3) is 2.25. The molecule has 1 aliphatic heterocycles. The second-order valence-electron chi connectivity index (χ2n) is 4.91. The van der Waals surface area contributed by atoms with Gasteiger partial charge in [-0.1, -0.05) is 0 Å². The number of likely N-dealkylation sites (N-methyl/N-ethyl adjacent to an activating group) is 1. The minimum Gasteiger partial charge on any atom is -0.319 e. The molecule has 0 aromatic carbocycles. The van der Waals surface area contributed by atoms with Crippen molar-refractivity contribution < 1.29 is 0 Å². The van der Waals surface area contributed by atoms with Crippen molar-refractivity contribution in [2.75, 3.05) is 13.6 Å². The van der Waals surface area contributed by atoms with Gasteiger partial charge < -0.3 is 14.8 Å². The highest BCUT2D eigenvalue weighted by Crippen LogP contribution is 2.18. The maximum atomic E-state index is 4.13. The molecule has 16 heavy (non-hydrogen) atoms. The Kier molecular flexibility index (Phi) is 3.25. The van der Waals surface area contributed by atoms with Gasteiger partial charge in [-0.3, -0.25) is 0 Å².